The van der Waals surface area contributed by atoms with E-state index in [4.69, 9.17) is 10.5 Å². The third-order valence-corrected chi connectivity index (χ3v) is 5.28. The molecule has 0 saturated heterocycles. The summed E-state index contributed by atoms with van der Waals surface area (Å²) in [6.45, 7) is 2.37. The van der Waals surface area contributed by atoms with Crippen molar-refractivity contribution in [1.82, 2.24) is 0 Å². The lowest BCUT2D eigenvalue weighted by atomic mass is 9.70. The zero-order valence-electron chi connectivity index (χ0n) is 11.6. The quantitative estimate of drug-likeness (QED) is 0.818. The van der Waals surface area contributed by atoms with Gasteiger partial charge in [0, 0.05) is 13.2 Å². The lowest BCUT2D eigenvalue weighted by molar-refractivity contribution is -0.0758. The fourth-order valence-corrected chi connectivity index (χ4v) is 3.90. The molecule has 2 aliphatic rings. The molecule has 2 rings (SSSR count). The maximum atomic E-state index is 6.59. The summed E-state index contributed by atoms with van der Waals surface area (Å²) in [5, 5.41) is 0. The van der Waals surface area contributed by atoms with Gasteiger partial charge in [-0.3, -0.25) is 0 Å². The van der Waals surface area contributed by atoms with E-state index in [1.54, 1.807) is 0 Å². The minimum absolute atomic E-state index is 0.00347. The summed E-state index contributed by atoms with van der Waals surface area (Å²) in [7, 11) is 1.87. The third kappa shape index (κ3) is 2.85. The molecule has 0 aromatic carbocycles. The number of rotatable bonds is 3. The van der Waals surface area contributed by atoms with Gasteiger partial charge in [0.1, 0.15) is 0 Å². The lowest BCUT2D eigenvalue weighted by Gasteiger charge is -2.45. The van der Waals surface area contributed by atoms with Gasteiger partial charge < -0.3 is 10.5 Å². The molecule has 2 aliphatic carbocycles. The van der Waals surface area contributed by atoms with Crippen molar-refractivity contribution in [1.29, 1.82) is 0 Å². The van der Waals surface area contributed by atoms with Crippen LogP contribution in [0.3, 0.4) is 0 Å². The Kier molecular flexibility index (Phi) is 4.48. The van der Waals surface area contributed by atoms with Crippen LogP contribution in [0.2, 0.25) is 0 Å². The molecule has 100 valence electrons. The molecule has 0 radical (unpaired) electrons. The summed E-state index contributed by atoms with van der Waals surface area (Å²) in [6.07, 6.45) is 11.7. The fourth-order valence-electron chi connectivity index (χ4n) is 3.90. The van der Waals surface area contributed by atoms with Gasteiger partial charge in [0.15, 0.2) is 0 Å². The second-order valence-corrected chi connectivity index (χ2v) is 6.38. The van der Waals surface area contributed by atoms with Gasteiger partial charge in [0.2, 0.25) is 0 Å². The van der Waals surface area contributed by atoms with Gasteiger partial charge in [-0.05, 0) is 37.5 Å². The Morgan fingerprint density at radius 2 is 1.65 bits per heavy atom. The van der Waals surface area contributed by atoms with E-state index in [1.165, 1.54) is 57.8 Å². The van der Waals surface area contributed by atoms with Gasteiger partial charge in [-0.25, -0.2) is 0 Å². The fraction of sp³-hybridized carbons (Fsp3) is 1.00. The summed E-state index contributed by atoms with van der Waals surface area (Å²) in [5.74, 6) is 1.60. The normalized spacial score (nSPS) is 35.5. The van der Waals surface area contributed by atoms with Crippen LogP contribution in [0, 0.1) is 11.8 Å². The topological polar surface area (TPSA) is 35.2 Å². The summed E-state index contributed by atoms with van der Waals surface area (Å²) in [4.78, 5) is 0. The first-order valence-electron chi connectivity index (χ1n) is 7.49. The number of hydrogen-bond acceptors (Lipinski definition) is 2. The SMILES string of the molecule is COC1(C(N)C2CCC(C)CC2)CCCCC1. The Bertz CT molecular complexity index is 227. The Hall–Kier alpha value is -0.0800. The minimum Gasteiger partial charge on any atom is -0.377 e. The van der Waals surface area contributed by atoms with Crippen molar-refractivity contribution in [2.75, 3.05) is 7.11 Å². The maximum absolute atomic E-state index is 6.59. The molecule has 0 spiro atoms. The van der Waals surface area contributed by atoms with Crippen molar-refractivity contribution < 1.29 is 4.74 Å². The molecule has 1 unspecified atom stereocenters. The standard InChI is InChI=1S/C15H29NO/c1-12-6-8-13(9-7-12)14(16)15(17-2)10-4-3-5-11-15/h12-14H,3-11,16H2,1-2H3. The van der Waals surface area contributed by atoms with Crippen molar-refractivity contribution in [3.05, 3.63) is 0 Å². The van der Waals surface area contributed by atoms with Crippen LogP contribution in [0.1, 0.15) is 64.7 Å². The minimum atomic E-state index is 0.00347. The predicted molar refractivity (Wildman–Crippen MR) is 71.9 cm³/mol. The van der Waals surface area contributed by atoms with Gasteiger partial charge in [0.25, 0.3) is 0 Å². The van der Waals surface area contributed by atoms with Crippen molar-refractivity contribution in [2.45, 2.75) is 76.4 Å². The monoisotopic (exact) mass is 239 g/mol. The van der Waals surface area contributed by atoms with E-state index < -0.39 is 0 Å². The first kappa shape index (κ1) is 13.4. The molecular formula is C15H29NO. The zero-order chi connectivity index (χ0) is 12.3. The largest absolute Gasteiger partial charge is 0.377 e. The van der Waals surface area contributed by atoms with E-state index in [9.17, 15) is 0 Å². The van der Waals surface area contributed by atoms with E-state index in [0.29, 0.717) is 5.92 Å². The average molecular weight is 239 g/mol. The highest BCUT2D eigenvalue weighted by atomic mass is 16.5. The summed E-state index contributed by atoms with van der Waals surface area (Å²) < 4.78 is 5.90. The number of nitrogens with two attached hydrogens (primary N) is 1. The van der Waals surface area contributed by atoms with Crippen molar-refractivity contribution in [2.24, 2.45) is 17.6 Å². The summed E-state index contributed by atoms with van der Waals surface area (Å²) in [5.41, 5.74) is 6.59. The first-order valence-corrected chi connectivity index (χ1v) is 7.49. The lowest BCUT2D eigenvalue weighted by Crippen LogP contribution is -2.55. The van der Waals surface area contributed by atoms with Gasteiger partial charge in [-0.15, -0.1) is 0 Å². The van der Waals surface area contributed by atoms with E-state index in [-0.39, 0.29) is 11.6 Å². The molecule has 2 fully saturated rings. The van der Waals surface area contributed by atoms with Crippen LogP contribution in [0.4, 0.5) is 0 Å². The Balaban J connectivity index is 1.98. The van der Waals surface area contributed by atoms with Crippen molar-refractivity contribution in [3.8, 4) is 0 Å². The molecule has 2 N–H and O–H groups in total. The number of ether oxygens (including phenoxy) is 1. The smallest absolute Gasteiger partial charge is 0.0831 e. The predicted octanol–water partition coefficient (Wildman–Crippen LogP) is 3.49. The van der Waals surface area contributed by atoms with Crippen LogP contribution < -0.4 is 5.73 Å². The van der Waals surface area contributed by atoms with Crippen molar-refractivity contribution in [3.63, 3.8) is 0 Å². The molecule has 2 saturated carbocycles. The van der Waals surface area contributed by atoms with Crippen LogP contribution in [0.15, 0.2) is 0 Å². The van der Waals surface area contributed by atoms with Crippen molar-refractivity contribution >= 4 is 0 Å². The van der Waals surface area contributed by atoms with Crippen LogP contribution in [0.25, 0.3) is 0 Å². The van der Waals surface area contributed by atoms with Gasteiger partial charge >= 0.3 is 0 Å². The van der Waals surface area contributed by atoms with E-state index in [1.807, 2.05) is 7.11 Å². The highest BCUT2D eigenvalue weighted by Gasteiger charge is 2.42. The molecule has 1 atom stereocenters. The molecule has 17 heavy (non-hydrogen) atoms. The second-order valence-electron chi connectivity index (χ2n) is 6.38. The molecule has 0 aromatic rings. The number of methoxy groups -OCH3 is 1. The highest BCUT2D eigenvalue weighted by molar-refractivity contribution is 4.97. The summed E-state index contributed by atoms with van der Waals surface area (Å²) >= 11 is 0. The van der Waals surface area contributed by atoms with Crippen LogP contribution in [0.5, 0.6) is 0 Å². The molecule has 0 amide bonds. The number of hydrogen-bond donors (Lipinski definition) is 1. The second kappa shape index (κ2) is 5.71. The van der Waals surface area contributed by atoms with Crippen LogP contribution in [-0.4, -0.2) is 18.8 Å². The first-order chi connectivity index (χ1) is 8.18. The molecule has 2 heteroatoms. The van der Waals surface area contributed by atoms with Gasteiger partial charge in [-0.1, -0.05) is 39.0 Å². The Morgan fingerprint density at radius 1 is 1.06 bits per heavy atom. The van der Waals surface area contributed by atoms with E-state index in [2.05, 4.69) is 6.92 Å². The van der Waals surface area contributed by atoms with E-state index >= 15 is 0 Å². The molecule has 0 aromatic heterocycles. The molecule has 0 bridgehead atoms. The Morgan fingerprint density at radius 3 is 2.18 bits per heavy atom. The Labute approximate surface area is 106 Å². The van der Waals surface area contributed by atoms with Crippen LogP contribution >= 0.6 is 0 Å². The van der Waals surface area contributed by atoms with E-state index in [0.717, 1.165) is 5.92 Å². The maximum Gasteiger partial charge on any atom is 0.0831 e. The van der Waals surface area contributed by atoms with Crippen LogP contribution in [-0.2, 0) is 4.74 Å². The average Bonchev–Trinajstić information content (AvgIpc) is 2.39. The molecule has 0 aliphatic heterocycles. The summed E-state index contributed by atoms with van der Waals surface area (Å²) in [6, 6.07) is 0.264. The molecule has 2 nitrogen and oxygen atoms in total. The van der Waals surface area contributed by atoms with Gasteiger partial charge in [-0.2, -0.15) is 0 Å². The zero-order valence-corrected chi connectivity index (χ0v) is 11.6. The molecule has 0 heterocycles. The van der Waals surface area contributed by atoms with Gasteiger partial charge in [0.05, 0.1) is 5.60 Å². The highest BCUT2D eigenvalue weighted by Crippen LogP contribution is 2.40. The molecular weight excluding hydrogens is 210 g/mol. The third-order valence-electron chi connectivity index (χ3n) is 5.28.